The van der Waals surface area contributed by atoms with Crippen LogP contribution in [0.2, 0.25) is 0 Å². The molecule has 0 aliphatic heterocycles. The first-order valence-corrected chi connectivity index (χ1v) is 9.24. The van der Waals surface area contributed by atoms with Gasteiger partial charge in [-0.05, 0) is 44.4 Å². The molecular formula is C25H30. The summed E-state index contributed by atoms with van der Waals surface area (Å²) in [7, 11) is 0. The fourth-order valence-electron chi connectivity index (χ4n) is 3.58. The van der Waals surface area contributed by atoms with Gasteiger partial charge in [0.1, 0.15) is 0 Å². The number of benzene rings is 3. The Hall–Kier alpha value is -2.34. The van der Waals surface area contributed by atoms with E-state index in [0.29, 0.717) is 0 Å². The molecule has 0 heteroatoms. The summed E-state index contributed by atoms with van der Waals surface area (Å²) in [5, 5.41) is 0. The molecule has 0 saturated carbocycles. The van der Waals surface area contributed by atoms with E-state index < -0.39 is 0 Å². The second-order valence-electron chi connectivity index (χ2n) is 6.69. The van der Waals surface area contributed by atoms with Crippen molar-refractivity contribution in [2.75, 3.05) is 0 Å². The van der Waals surface area contributed by atoms with Gasteiger partial charge >= 0.3 is 0 Å². The normalized spacial score (nSPS) is 10.4. The maximum Gasteiger partial charge on any atom is 0.0340 e. The van der Waals surface area contributed by atoms with E-state index in [-0.39, 0.29) is 5.92 Å². The van der Waals surface area contributed by atoms with Crippen molar-refractivity contribution in [1.29, 1.82) is 0 Å². The highest BCUT2D eigenvalue weighted by Crippen LogP contribution is 2.33. The molecule has 0 aliphatic carbocycles. The molecule has 0 atom stereocenters. The number of aryl methyl sites for hydroxylation is 4. The monoisotopic (exact) mass is 330 g/mol. The highest BCUT2D eigenvalue weighted by atomic mass is 14.2. The first-order chi connectivity index (χ1) is 12.0. The summed E-state index contributed by atoms with van der Waals surface area (Å²) in [6.07, 6.45) is 0. The van der Waals surface area contributed by atoms with Crippen LogP contribution < -0.4 is 0 Å². The van der Waals surface area contributed by atoms with Crippen molar-refractivity contribution in [1.82, 2.24) is 0 Å². The Morgan fingerprint density at radius 2 is 0.840 bits per heavy atom. The van der Waals surface area contributed by atoms with Crippen LogP contribution in [0.25, 0.3) is 0 Å². The molecule has 0 spiro atoms. The van der Waals surface area contributed by atoms with Crippen molar-refractivity contribution >= 4 is 0 Å². The van der Waals surface area contributed by atoms with E-state index in [4.69, 9.17) is 0 Å². The molecule has 0 saturated heterocycles. The van der Waals surface area contributed by atoms with E-state index in [1.54, 1.807) is 0 Å². The second-order valence-corrected chi connectivity index (χ2v) is 6.69. The molecule has 3 rings (SSSR count). The van der Waals surface area contributed by atoms with E-state index in [1.165, 1.54) is 38.9 Å². The molecule has 0 heterocycles. The minimum absolute atomic E-state index is 0.286. The maximum atomic E-state index is 2.32. The third kappa shape index (κ3) is 4.82. The van der Waals surface area contributed by atoms with Crippen LogP contribution in [-0.4, -0.2) is 0 Å². The van der Waals surface area contributed by atoms with Crippen molar-refractivity contribution < 1.29 is 0 Å². The van der Waals surface area contributed by atoms with E-state index in [0.717, 1.165) is 0 Å². The smallest absolute Gasteiger partial charge is 0.0340 e. The molecule has 3 aromatic rings. The van der Waals surface area contributed by atoms with Crippen LogP contribution in [0, 0.1) is 27.7 Å². The van der Waals surface area contributed by atoms with Gasteiger partial charge in [-0.2, -0.15) is 0 Å². The van der Waals surface area contributed by atoms with Gasteiger partial charge in [0.15, 0.2) is 0 Å². The lowest BCUT2D eigenvalue weighted by Gasteiger charge is -2.21. The average Bonchev–Trinajstić information content (AvgIpc) is 2.56. The SMILES string of the molecule is CC.Cc1cc(C)cc(C(c2ccccc2)c2cc(C)cc(C)c2)c1. The number of hydrogen-bond acceptors (Lipinski definition) is 0. The Kier molecular flexibility index (Phi) is 6.58. The van der Waals surface area contributed by atoms with Crippen LogP contribution in [-0.2, 0) is 0 Å². The van der Waals surface area contributed by atoms with Crippen molar-refractivity contribution in [3.05, 3.63) is 106 Å². The zero-order valence-corrected chi connectivity index (χ0v) is 16.4. The van der Waals surface area contributed by atoms with Crippen molar-refractivity contribution in [2.45, 2.75) is 47.5 Å². The lowest BCUT2D eigenvalue weighted by atomic mass is 9.83. The quantitative estimate of drug-likeness (QED) is 0.448. The van der Waals surface area contributed by atoms with Gasteiger partial charge in [0.2, 0.25) is 0 Å². The van der Waals surface area contributed by atoms with E-state index in [1.807, 2.05) is 13.8 Å². The third-order valence-electron chi connectivity index (χ3n) is 4.29. The Balaban J connectivity index is 0.00000109. The lowest BCUT2D eigenvalue weighted by Crippen LogP contribution is -2.05. The van der Waals surface area contributed by atoms with Gasteiger partial charge in [0.05, 0.1) is 0 Å². The fraction of sp³-hybridized carbons (Fsp3) is 0.280. The van der Waals surface area contributed by atoms with Crippen LogP contribution in [0.5, 0.6) is 0 Å². The predicted molar refractivity (Wildman–Crippen MR) is 111 cm³/mol. The zero-order valence-electron chi connectivity index (χ0n) is 16.4. The summed E-state index contributed by atoms with van der Waals surface area (Å²) in [6.45, 7) is 12.7. The standard InChI is InChI=1S/C23H24.C2H6/c1-16-10-17(2)13-21(12-16)23(20-8-6-5-7-9-20)22-14-18(3)11-19(4)15-22;1-2/h5-15,23H,1-4H3;1-2H3. The van der Waals surface area contributed by atoms with Gasteiger partial charge < -0.3 is 0 Å². The van der Waals surface area contributed by atoms with Gasteiger partial charge in [0.25, 0.3) is 0 Å². The highest BCUT2D eigenvalue weighted by molar-refractivity contribution is 5.47. The first kappa shape index (κ1) is 19.0. The van der Waals surface area contributed by atoms with E-state index >= 15 is 0 Å². The van der Waals surface area contributed by atoms with Crippen LogP contribution in [0.3, 0.4) is 0 Å². The maximum absolute atomic E-state index is 2.32. The van der Waals surface area contributed by atoms with Gasteiger partial charge in [-0.15, -0.1) is 0 Å². The Bertz CT molecular complexity index is 721. The Morgan fingerprint density at radius 3 is 1.20 bits per heavy atom. The molecule has 130 valence electrons. The predicted octanol–water partition coefficient (Wildman–Crippen LogP) is 7.13. The van der Waals surface area contributed by atoms with E-state index in [2.05, 4.69) is 94.4 Å². The van der Waals surface area contributed by atoms with Crippen LogP contribution in [0.15, 0.2) is 66.7 Å². The molecule has 0 bridgehead atoms. The number of hydrogen-bond donors (Lipinski definition) is 0. The molecule has 0 nitrogen and oxygen atoms in total. The zero-order chi connectivity index (χ0) is 18.4. The first-order valence-electron chi connectivity index (χ1n) is 9.24. The minimum atomic E-state index is 0.286. The van der Waals surface area contributed by atoms with Crippen molar-refractivity contribution in [3.8, 4) is 0 Å². The van der Waals surface area contributed by atoms with Gasteiger partial charge in [-0.25, -0.2) is 0 Å². The molecule has 0 N–H and O–H groups in total. The molecule has 0 radical (unpaired) electrons. The van der Waals surface area contributed by atoms with Crippen molar-refractivity contribution in [3.63, 3.8) is 0 Å². The Morgan fingerprint density at radius 1 is 0.480 bits per heavy atom. The summed E-state index contributed by atoms with van der Waals surface area (Å²) in [6, 6.07) is 24.6. The summed E-state index contributed by atoms with van der Waals surface area (Å²) in [5.74, 6) is 0.286. The largest absolute Gasteiger partial charge is 0.0683 e. The molecule has 0 amide bonds. The average molecular weight is 331 g/mol. The molecule has 3 aromatic carbocycles. The highest BCUT2D eigenvalue weighted by Gasteiger charge is 2.17. The Labute approximate surface area is 153 Å². The summed E-state index contributed by atoms with van der Waals surface area (Å²) in [5.41, 5.74) is 9.39. The minimum Gasteiger partial charge on any atom is -0.0683 e. The van der Waals surface area contributed by atoms with Crippen LogP contribution >= 0.6 is 0 Å². The summed E-state index contributed by atoms with van der Waals surface area (Å²) < 4.78 is 0. The second kappa shape index (κ2) is 8.67. The molecule has 0 unspecified atom stereocenters. The summed E-state index contributed by atoms with van der Waals surface area (Å²) in [4.78, 5) is 0. The van der Waals surface area contributed by atoms with Gasteiger partial charge in [0, 0.05) is 5.92 Å². The van der Waals surface area contributed by atoms with Crippen LogP contribution in [0.4, 0.5) is 0 Å². The van der Waals surface area contributed by atoms with Crippen molar-refractivity contribution in [2.24, 2.45) is 0 Å². The van der Waals surface area contributed by atoms with Gasteiger partial charge in [-0.3, -0.25) is 0 Å². The molecule has 0 fully saturated rings. The molecule has 25 heavy (non-hydrogen) atoms. The van der Waals surface area contributed by atoms with E-state index in [9.17, 15) is 0 Å². The third-order valence-corrected chi connectivity index (χ3v) is 4.29. The van der Waals surface area contributed by atoms with Gasteiger partial charge in [-0.1, -0.05) is 103 Å². The molecular weight excluding hydrogens is 300 g/mol. The topological polar surface area (TPSA) is 0 Å². The molecule has 0 aliphatic rings. The fourth-order valence-corrected chi connectivity index (χ4v) is 3.58. The lowest BCUT2D eigenvalue weighted by molar-refractivity contribution is 0.965. The number of rotatable bonds is 3. The molecule has 0 aromatic heterocycles. The summed E-state index contributed by atoms with van der Waals surface area (Å²) >= 11 is 0. The van der Waals surface area contributed by atoms with Crippen LogP contribution in [0.1, 0.15) is 58.7 Å².